The monoisotopic (exact) mass is 252 g/mol. The number of nitrogens with one attached hydrogen (secondary N) is 1. The van der Waals surface area contributed by atoms with Crippen LogP contribution in [0, 0.1) is 0 Å². The van der Waals surface area contributed by atoms with Crippen LogP contribution >= 0.6 is 16.5 Å². The predicted octanol–water partition coefficient (Wildman–Crippen LogP) is 1.43. The zero-order valence-corrected chi connectivity index (χ0v) is 9.56. The molecule has 3 N–H and O–H groups in total. The van der Waals surface area contributed by atoms with Gasteiger partial charge in [-0.3, -0.25) is 0 Å². The van der Waals surface area contributed by atoms with E-state index in [4.69, 9.17) is 9.79 Å². The molecule has 1 aromatic rings. The van der Waals surface area contributed by atoms with Crippen molar-refractivity contribution in [3.05, 3.63) is 24.4 Å². The summed E-state index contributed by atoms with van der Waals surface area (Å²) < 4.78 is 22.2. The van der Waals surface area contributed by atoms with Crippen LogP contribution in [0.3, 0.4) is 0 Å². The molecule has 0 saturated heterocycles. The van der Waals surface area contributed by atoms with Crippen molar-refractivity contribution in [2.75, 3.05) is 12.4 Å². The normalized spacial score (nSPS) is 10.9. The van der Waals surface area contributed by atoms with Gasteiger partial charge in [-0.2, -0.15) is 0 Å². The maximum atomic E-state index is 9.39. The van der Waals surface area contributed by atoms with Gasteiger partial charge in [0.05, 0.1) is 0 Å². The smallest absolute Gasteiger partial charge is 0.373 e. The van der Waals surface area contributed by atoms with Gasteiger partial charge in [0, 0.05) is 22.4 Å². The Hall–Kier alpha value is -0.970. The van der Waals surface area contributed by atoms with E-state index in [0.29, 0.717) is 0 Å². The average molecular weight is 252 g/mol. The van der Waals surface area contributed by atoms with Gasteiger partial charge in [0.1, 0.15) is 5.82 Å². The minimum absolute atomic E-state index is 0.910. The molecule has 0 bridgehead atoms. The standard InChI is InChI=1S/C6H8N2.O5P2/c1-7-6-4-2-3-5-8-6;1-6(2)5-7(3)4/h2-5H,1H3,(H,7,8);/p+2. The van der Waals surface area contributed by atoms with Crippen LogP contribution in [-0.2, 0) is 13.4 Å². The van der Waals surface area contributed by atoms with Crippen LogP contribution in [0.4, 0.5) is 5.82 Å². The van der Waals surface area contributed by atoms with Crippen molar-refractivity contribution >= 4 is 22.3 Å². The summed E-state index contributed by atoms with van der Waals surface area (Å²) in [5.41, 5.74) is 0. The van der Waals surface area contributed by atoms with Crippen LogP contribution in [0.15, 0.2) is 24.4 Å². The number of aromatic nitrogens is 1. The van der Waals surface area contributed by atoms with E-state index in [1.54, 1.807) is 6.20 Å². The summed E-state index contributed by atoms with van der Waals surface area (Å²) in [6, 6.07) is 5.75. The molecule has 0 amide bonds. The highest BCUT2D eigenvalue weighted by Gasteiger charge is 2.31. The largest absolute Gasteiger partial charge is 0.745 e. The Morgan fingerprint density at radius 3 is 2.13 bits per heavy atom. The predicted molar refractivity (Wildman–Crippen MR) is 54.5 cm³/mol. The summed E-state index contributed by atoms with van der Waals surface area (Å²) >= 11 is 0. The number of anilines is 1. The molecule has 0 radical (unpaired) electrons. The highest BCUT2D eigenvalue weighted by Crippen LogP contribution is 2.30. The lowest BCUT2D eigenvalue weighted by atomic mass is 10.5. The maximum absolute atomic E-state index is 9.39. The Balaban J connectivity index is 0.000000265. The minimum atomic E-state index is -2.92. The van der Waals surface area contributed by atoms with Gasteiger partial charge in [0.15, 0.2) is 4.31 Å². The first kappa shape index (κ1) is 14.0. The third-order valence-corrected chi connectivity index (χ3v) is 2.18. The third-order valence-electron chi connectivity index (χ3n) is 1.06. The molecule has 2 atom stereocenters. The van der Waals surface area contributed by atoms with Gasteiger partial charge in [0.25, 0.3) is 0 Å². The van der Waals surface area contributed by atoms with Crippen molar-refractivity contribution in [3.63, 3.8) is 0 Å². The molecule has 1 heterocycles. The molecule has 1 aromatic heterocycles. The van der Waals surface area contributed by atoms with Crippen molar-refractivity contribution in [1.82, 2.24) is 4.98 Å². The summed E-state index contributed by atoms with van der Waals surface area (Å²) in [5.74, 6) is 0.910. The van der Waals surface area contributed by atoms with E-state index in [1.807, 2.05) is 25.2 Å². The highest BCUT2D eigenvalue weighted by atomic mass is 31.2. The Morgan fingerprint density at radius 1 is 1.33 bits per heavy atom. The molecule has 7 nitrogen and oxygen atoms in total. The van der Waals surface area contributed by atoms with Crippen LogP contribution in [-0.4, -0.2) is 21.8 Å². The molecule has 82 valence electrons. The first-order valence-corrected chi connectivity index (χ1v) is 5.91. The van der Waals surface area contributed by atoms with Crippen molar-refractivity contribution < 1.29 is 23.2 Å². The molecule has 0 aromatic carbocycles. The topological polar surface area (TPSA) is 109 Å². The van der Waals surface area contributed by atoms with E-state index in [1.165, 1.54) is 0 Å². The number of hydrogen-bond donors (Lipinski definition) is 3. The third kappa shape index (κ3) is 9.34. The van der Waals surface area contributed by atoms with Crippen molar-refractivity contribution in [2.45, 2.75) is 0 Å². The number of nitrogens with zero attached hydrogens (tertiary/aromatic N) is 1. The number of rotatable bonds is 3. The Bertz CT molecular complexity index is 309. The minimum Gasteiger partial charge on any atom is -0.373 e. The van der Waals surface area contributed by atoms with Gasteiger partial charge in [-0.25, -0.2) is 4.98 Å². The molecule has 0 spiro atoms. The average Bonchev–Trinajstić information content (AvgIpc) is 2.18. The van der Waals surface area contributed by atoms with Gasteiger partial charge in [0.2, 0.25) is 0 Å². The Morgan fingerprint density at radius 2 is 1.93 bits per heavy atom. The van der Waals surface area contributed by atoms with Crippen LogP contribution in [0.25, 0.3) is 0 Å². The molecule has 1 rings (SSSR count). The first-order chi connectivity index (χ1) is 7.06. The van der Waals surface area contributed by atoms with Gasteiger partial charge < -0.3 is 5.32 Å². The highest BCUT2D eigenvalue weighted by molar-refractivity contribution is 7.46. The Kier molecular flexibility index (Phi) is 7.81. The zero-order valence-electron chi connectivity index (χ0n) is 7.77. The van der Waals surface area contributed by atoms with Crippen LogP contribution < -0.4 is 5.32 Å². The Labute approximate surface area is 88.0 Å². The first-order valence-electron chi connectivity index (χ1n) is 3.65. The lowest BCUT2D eigenvalue weighted by Crippen LogP contribution is -1.88. The second kappa shape index (κ2) is 8.35. The summed E-state index contributed by atoms with van der Waals surface area (Å²) in [6.07, 6.45) is 1.76. The summed E-state index contributed by atoms with van der Waals surface area (Å²) in [5, 5.41) is 2.92. The van der Waals surface area contributed by atoms with E-state index in [2.05, 4.69) is 14.6 Å². The van der Waals surface area contributed by atoms with E-state index in [-0.39, 0.29) is 0 Å². The van der Waals surface area contributed by atoms with Gasteiger partial charge in [-0.15, -0.1) is 9.79 Å². The second-order valence-electron chi connectivity index (χ2n) is 2.02. The SMILES string of the molecule is CNc1ccccn1.O=[P+](O)O[P+](=O)O. The van der Waals surface area contributed by atoms with Crippen molar-refractivity contribution in [2.24, 2.45) is 0 Å². The van der Waals surface area contributed by atoms with E-state index in [9.17, 15) is 9.13 Å². The number of hydrogen-bond acceptors (Lipinski definition) is 5. The fourth-order valence-electron chi connectivity index (χ4n) is 0.570. The fourth-order valence-corrected chi connectivity index (χ4v) is 1.05. The molecule has 0 aliphatic carbocycles. The van der Waals surface area contributed by atoms with Gasteiger partial charge >= 0.3 is 16.5 Å². The molecule has 2 unspecified atom stereocenters. The summed E-state index contributed by atoms with van der Waals surface area (Å²) in [6.45, 7) is 0. The lowest BCUT2D eigenvalue weighted by molar-refractivity contribution is 0.371. The quantitative estimate of drug-likeness (QED) is 0.698. The molecule has 0 aliphatic heterocycles. The summed E-state index contributed by atoms with van der Waals surface area (Å²) in [7, 11) is -4.00. The maximum Gasteiger partial charge on any atom is 0.745 e. The molecular weight excluding hydrogens is 242 g/mol. The van der Waals surface area contributed by atoms with Crippen LogP contribution in [0.2, 0.25) is 0 Å². The van der Waals surface area contributed by atoms with E-state index in [0.717, 1.165) is 5.82 Å². The summed E-state index contributed by atoms with van der Waals surface area (Å²) in [4.78, 5) is 19.3. The molecule has 15 heavy (non-hydrogen) atoms. The molecule has 0 saturated carbocycles. The molecular formula is C6H10N2O5P2+2. The molecule has 9 heteroatoms. The molecule has 0 aliphatic rings. The van der Waals surface area contributed by atoms with Crippen molar-refractivity contribution in [1.29, 1.82) is 0 Å². The van der Waals surface area contributed by atoms with Crippen LogP contribution in [0.5, 0.6) is 0 Å². The van der Waals surface area contributed by atoms with Gasteiger partial charge in [-0.1, -0.05) is 6.07 Å². The fraction of sp³-hybridized carbons (Fsp3) is 0.167. The van der Waals surface area contributed by atoms with Gasteiger partial charge in [-0.05, 0) is 12.1 Å². The van der Waals surface area contributed by atoms with E-state index < -0.39 is 16.5 Å². The van der Waals surface area contributed by atoms with E-state index >= 15 is 0 Å². The van der Waals surface area contributed by atoms with Crippen LogP contribution in [0.1, 0.15) is 0 Å². The zero-order chi connectivity index (χ0) is 11.7. The lowest BCUT2D eigenvalue weighted by Gasteiger charge is -1.92. The second-order valence-corrected chi connectivity index (χ2v) is 3.63. The number of pyridine rings is 1. The van der Waals surface area contributed by atoms with Crippen molar-refractivity contribution in [3.8, 4) is 0 Å². The molecule has 0 fully saturated rings.